The second-order valence-electron chi connectivity index (χ2n) is 4.66. The highest BCUT2D eigenvalue weighted by molar-refractivity contribution is 6.60. The predicted octanol–water partition coefficient (Wildman–Crippen LogP) is 0.554. The summed E-state index contributed by atoms with van der Waals surface area (Å²) in [6, 6.07) is 4.48. The van der Waals surface area contributed by atoms with E-state index in [1.54, 1.807) is 6.07 Å². The van der Waals surface area contributed by atoms with Gasteiger partial charge in [-0.2, -0.15) is 5.10 Å². The quantitative estimate of drug-likeness (QED) is 0.777. The van der Waals surface area contributed by atoms with E-state index in [9.17, 15) is 14.4 Å². The zero-order chi connectivity index (χ0) is 13.4. The first-order chi connectivity index (χ1) is 9.18. The lowest BCUT2D eigenvalue weighted by molar-refractivity contribution is -0.0367. The second kappa shape index (κ2) is 4.92. The highest BCUT2D eigenvalue weighted by Crippen LogP contribution is 2.26. The molecule has 2 aromatic rings. The number of nitrogens with zero attached hydrogens (tertiary/aromatic N) is 2. The predicted molar refractivity (Wildman–Crippen MR) is 68.4 cm³/mol. The molecule has 0 bridgehead atoms. The fourth-order valence-corrected chi connectivity index (χ4v) is 2.49. The molecule has 19 heavy (non-hydrogen) atoms. The van der Waals surface area contributed by atoms with Crippen molar-refractivity contribution >= 4 is 23.6 Å². The molecular formula is C12H14BFN2O3. The average Bonchev–Trinajstić information content (AvgIpc) is 2.81. The number of halogens is 1. The number of fused-ring (bicyclic) bond motifs is 1. The Labute approximate surface area is 109 Å². The first-order valence-corrected chi connectivity index (χ1v) is 6.33. The first-order valence-electron chi connectivity index (χ1n) is 6.33. The topological polar surface area (TPSA) is 67.5 Å². The van der Waals surface area contributed by atoms with Crippen LogP contribution in [0, 0.1) is 5.82 Å². The van der Waals surface area contributed by atoms with Crippen molar-refractivity contribution in [2.24, 2.45) is 0 Å². The van der Waals surface area contributed by atoms with Crippen LogP contribution in [-0.4, -0.2) is 33.6 Å². The molecule has 100 valence electrons. The summed E-state index contributed by atoms with van der Waals surface area (Å²) in [7, 11) is -1.73. The smallest absolute Gasteiger partial charge is 0.422 e. The SMILES string of the molecule is OB(O)c1nn(C2CCCCO2)c2c(F)cccc12. The first kappa shape index (κ1) is 12.6. The number of ether oxygens (including phenoxy) is 1. The van der Waals surface area contributed by atoms with Crippen molar-refractivity contribution in [2.75, 3.05) is 6.61 Å². The van der Waals surface area contributed by atoms with Gasteiger partial charge >= 0.3 is 7.12 Å². The molecule has 1 saturated heterocycles. The molecule has 0 saturated carbocycles. The van der Waals surface area contributed by atoms with Gasteiger partial charge in [0, 0.05) is 12.0 Å². The summed E-state index contributed by atoms with van der Waals surface area (Å²) < 4.78 is 21.0. The Bertz CT molecular complexity index is 596. The molecule has 1 aromatic carbocycles. The van der Waals surface area contributed by atoms with Gasteiger partial charge in [0.25, 0.3) is 0 Å². The molecule has 1 aromatic heterocycles. The van der Waals surface area contributed by atoms with E-state index >= 15 is 0 Å². The van der Waals surface area contributed by atoms with E-state index in [-0.39, 0.29) is 17.3 Å². The lowest BCUT2D eigenvalue weighted by Gasteiger charge is -2.23. The Kier molecular flexibility index (Phi) is 3.26. The van der Waals surface area contributed by atoms with Gasteiger partial charge in [0.05, 0.1) is 0 Å². The van der Waals surface area contributed by atoms with Crippen LogP contribution in [0.3, 0.4) is 0 Å². The van der Waals surface area contributed by atoms with Gasteiger partial charge in [-0.3, -0.25) is 0 Å². The normalized spacial score (nSPS) is 19.8. The van der Waals surface area contributed by atoms with E-state index in [1.807, 2.05) is 0 Å². The molecule has 0 amide bonds. The number of hydrogen-bond donors (Lipinski definition) is 2. The van der Waals surface area contributed by atoms with Crippen molar-refractivity contribution in [1.82, 2.24) is 9.78 Å². The van der Waals surface area contributed by atoms with Crippen LogP contribution in [0.5, 0.6) is 0 Å². The van der Waals surface area contributed by atoms with Gasteiger partial charge in [0.15, 0.2) is 6.23 Å². The summed E-state index contributed by atoms with van der Waals surface area (Å²) in [6.07, 6.45) is 2.36. The van der Waals surface area contributed by atoms with Crippen molar-refractivity contribution in [3.05, 3.63) is 24.0 Å². The van der Waals surface area contributed by atoms with Crippen LogP contribution in [0.15, 0.2) is 18.2 Å². The molecule has 7 heteroatoms. The van der Waals surface area contributed by atoms with E-state index < -0.39 is 12.9 Å². The molecule has 0 aliphatic carbocycles. The Morgan fingerprint density at radius 2 is 2.21 bits per heavy atom. The van der Waals surface area contributed by atoms with E-state index in [1.165, 1.54) is 16.8 Å². The molecule has 1 fully saturated rings. The fraction of sp³-hybridized carbons (Fsp3) is 0.417. The Balaban J connectivity index is 2.17. The van der Waals surface area contributed by atoms with Crippen LogP contribution in [0.4, 0.5) is 4.39 Å². The third kappa shape index (κ3) is 2.14. The van der Waals surface area contributed by atoms with Crippen molar-refractivity contribution in [1.29, 1.82) is 0 Å². The minimum absolute atomic E-state index is 0.0590. The summed E-state index contributed by atoms with van der Waals surface area (Å²) in [5, 5.41) is 23.2. The number of rotatable bonds is 2. The minimum atomic E-state index is -1.73. The number of benzene rings is 1. The molecule has 2 N–H and O–H groups in total. The van der Waals surface area contributed by atoms with Gasteiger partial charge in [-0.1, -0.05) is 12.1 Å². The monoisotopic (exact) mass is 264 g/mol. The van der Waals surface area contributed by atoms with E-state index in [0.29, 0.717) is 12.0 Å². The van der Waals surface area contributed by atoms with E-state index in [2.05, 4.69) is 5.10 Å². The number of hydrogen-bond acceptors (Lipinski definition) is 4. The minimum Gasteiger partial charge on any atom is -0.422 e. The molecule has 0 spiro atoms. The molecule has 5 nitrogen and oxygen atoms in total. The zero-order valence-electron chi connectivity index (χ0n) is 10.3. The summed E-state index contributed by atoms with van der Waals surface area (Å²) >= 11 is 0. The third-order valence-electron chi connectivity index (χ3n) is 3.38. The van der Waals surface area contributed by atoms with Gasteiger partial charge in [0.2, 0.25) is 0 Å². The maximum absolute atomic E-state index is 14.0. The van der Waals surface area contributed by atoms with Gasteiger partial charge < -0.3 is 14.8 Å². The largest absolute Gasteiger partial charge is 0.510 e. The maximum atomic E-state index is 14.0. The number of aromatic nitrogens is 2. The van der Waals surface area contributed by atoms with Crippen molar-refractivity contribution < 1.29 is 19.2 Å². The van der Waals surface area contributed by atoms with Crippen molar-refractivity contribution in [2.45, 2.75) is 25.5 Å². The third-order valence-corrected chi connectivity index (χ3v) is 3.38. The molecular weight excluding hydrogens is 250 g/mol. The van der Waals surface area contributed by atoms with Crippen LogP contribution in [0.25, 0.3) is 10.9 Å². The highest BCUT2D eigenvalue weighted by atomic mass is 19.1. The summed E-state index contributed by atoms with van der Waals surface area (Å²) in [5.41, 5.74) is 0.321. The van der Waals surface area contributed by atoms with Crippen LogP contribution < -0.4 is 5.59 Å². The maximum Gasteiger partial charge on any atom is 0.510 e. The molecule has 1 unspecified atom stereocenters. The van der Waals surface area contributed by atoms with Gasteiger partial charge in [-0.25, -0.2) is 9.07 Å². The molecule has 1 aliphatic heterocycles. The van der Waals surface area contributed by atoms with E-state index in [4.69, 9.17) is 4.74 Å². The average molecular weight is 264 g/mol. The second-order valence-corrected chi connectivity index (χ2v) is 4.66. The standard InChI is InChI=1S/C12H14BFN2O3/c14-9-5-3-4-8-11(9)16(15-12(8)13(17)18)10-6-1-2-7-19-10/h3-5,10,17-18H,1-2,6-7H2. The molecule has 1 aliphatic rings. The van der Waals surface area contributed by atoms with Crippen LogP contribution in [-0.2, 0) is 4.74 Å². The van der Waals surface area contributed by atoms with Crippen LogP contribution in [0.2, 0.25) is 0 Å². The van der Waals surface area contributed by atoms with Crippen LogP contribution in [0.1, 0.15) is 25.5 Å². The summed E-state index contributed by atoms with van der Waals surface area (Å²) in [5.74, 6) is -0.439. The molecule has 2 heterocycles. The Morgan fingerprint density at radius 1 is 1.37 bits per heavy atom. The van der Waals surface area contributed by atoms with E-state index in [0.717, 1.165) is 19.3 Å². The Morgan fingerprint density at radius 3 is 2.89 bits per heavy atom. The zero-order valence-corrected chi connectivity index (χ0v) is 10.3. The fourth-order valence-electron chi connectivity index (χ4n) is 2.49. The summed E-state index contributed by atoms with van der Waals surface area (Å²) in [6.45, 7) is 0.609. The molecule has 0 radical (unpaired) electrons. The van der Waals surface area contributed by atoms with Gasteiger partial charge in [-0.15, -0.1) is 0 Å². The van der Waals surface area contributed by atoms with Gasteiger partial charge in [0.1, 0.15) is 16.9 Å². The van der Waals surface area contributed by atoms with Crippen molar-refractivity contribution in [3.63, 3.8) is 0 Å². The van der Waals surface area contributed by atoms with Gasteiger partial charge in [-0.05, 0) is 25.3 Å². The van der Waals surface area contributed by atoms with Crippen molar-refractivity contribution in [3.8, 4) is 0 Å². The van der Waals surface area contributed by atoms with Crippen LogP contribution >= 0.6 is 0 Å². The lowest BCUT2D eigenvalue weighted by atomic mass is 9.84. The molecule has 3 rings (SSSR count). The molecule has 1 atom stereocenters. The lowest BCUT2D eigenvalue weighted by Crippen LogP contribution is -2.33. The Hall–Kier alpha value is -1.44. The summed E-state index contributed by atoms with van der Waals surface area (Å²) in [4.78, 5) is 0. The highest BCUT2D eigenvalue weighted by Gasteiger charge is 2.27. The number of para-hydroxylation sites is 1.